The van der Waals surface area contributed by atoms with E-state index in [1.165, 1.54) is 12.1 Å². The Kier molecular flexibility index (Phi) is 5.69. The molecule has 1 aromatic rings. The second kappa shape index (κ2) is 7.29. The number of hydrogen-bond donors (Lipinski definition) is 4. The minimum atomic E-state index is -4.22. The number of rotatable bonds is 7. The summed E-state index contributed by atoms with van der Waals surface area (Å²) in [4.78, 5) is 17.4. The van der Waals surface area contributed by atoms with E-state index in [2.05, 4.69) is 4.84 Å². The zero-order chi connectivity index (χ0) is 19.7. The molecule has 26 heavy (non-hydrogen) atoms. The SMILES string of the molecule is CC1(C)CC(CS(=O)(=O)O)c2cc(ON)c(O)cc2N1CCCC(=O)O. The highest BCUT2D eigenvalue weighted by Gasteiger charge is 2.40. The number of aromatic hydroxyl groups is 1. The summed E-state index contributed by atoms with van der Waals surface area (Å²) in [6, 6.07) is 2.89. The number of phenolic OH excluding ortho intramolecular Hbond substituents is 1. The van der Waals surface area contributed by atoms with E-state index in [4.69, 9.17) is 11.0 Å². The molecule has 0 bridgehead atoms. The molecule has 1 aliphatic rings. The lowest BCUT2D eigenvalue weighted by Crippen LogP contribution is -2.50. The number of nitrogens with two attached hydrogens (primary N) is 1. The standard InChI is InChI=1S/C16H24N2O7S/c1-16(2)8-10(9-26(22,23)24)11-6-14(25-17)13(19)7-12(11)18(16)5-3-4-15(20)21/h6-7,10,19H,3-5,8-9,17H2,1-2H3,(H,20,21)(H,22,23,24). The number of hydrogen-bond acceptors (Lipinski definition) is 7. The van der Waals surface area contributed by atoms with Gasteiger partial charge in [0.25, 0.3) is 10.1 Å². The lowest BCUT2D eigenvalue weighted by atomic mass is 9.79. The third-order valence-electron chi connectivity index (χ3n) is 4.63. The van der Waals surface area contributed by atoms with E-state index in [1.54, 1.807) is 0 Å². The summed E-state index contributed by atoms with van der Waals surface area (Å²) in [6.07, 6.45) is 0.783. The van der Waals surface area contributed by atoms with Crippen LogP contribution in [0.2, 0.25) is 0 Å². The van der Waals surface area contributed by atoms with Crippen LogP contribution in [0.4, 0.5) is 5.69 Å². The second-order valence-electron chi connectivity index (χ2n) is 7.11. The molecule has 0 amide bonds. The molecule has 5 N–H and O–H groups in total. The van der Waals surface area contributed by atoms with Gasteiger partial charge in [0.05, 0.1) is 5.75 Å². The summed E-state index contributed by atoms with van der Waals surface area (Å²) < 4.78 is 32.2. The van der Waals surface area contributed by atoms with Crippen LogP contribution < -0.4 is 15.6 Å². The fourth-order valence-electron chi connectivity index (χ4n) is 3.59. The number of phenols is 1. The predicted octanol–water partition coefficient (Wildman–Crippen LogP) is 1.47. The Morgan fingerprint density at radius 1 is 1.42 bits per heavy atom. The maximum absolute atomic E-state index is 11.4. The van der Waals surface area contributed by atoms with Crippen molar-refractivity contribution >= 4 is 21.8 Å². The zero-order valence-corrected chi connectivity index (χ0v) is 15.5. The van der Waals surface area contributed by atoms with Gasteiger partial charge in [-0.05, 0) is 38.3 Å². The molecule has 146 valence electrons. The molecule has 0 saturated heterocycles. The first kappa shape index (κ1) is 20.3. The molecule has 1 aliphatic heterocycles. The Morgan fingerprint density at radius 3 is 2.62 bits per heavy atom. The number of fused-ring (bicyclic) bond motifs is 1. The normalized spacial score (nSPS) is 19.1. The Bertz CT molecular complexity index is 792. The minimum Gasteiger partial charge on any atom is -0.504 e. The van der Waals surface area contributed by atoms with Gasteiger partial charge in [-0.1, -0.05) is 0 Å². The Labute approximate surface area is 152 Å². The fourth-order valence-corrected chi connectivity index (χ4v) is 4.40. The highest BCUT2D eigenvalue weighted by molar-refractivity contribution is 7.85. The van der Waals surface area contributed by atoms with Crippen LogP contribution in [0.25, 0.3) is 0 Å². The Morgan fingerprint density at radius 2 is 2.08 bits per heavy atom. The smallest absolute Gasteiger partial charge is 0.303 e. The third kappa shape index (κ3) is 4.57. The highest BCUT2D eigenvalue weighted by atomic mass is 32.2. The largest absolute Gasteiger partial charge is 0.504 e. The van der Waals surface area contributed by atoms with Gasteiger partial charge in [-0.15, -0.1) is 0 Å². The number of nitrogens with zero attached hydrogens (tertiary/aromatic N) is 1. The van der Waals surface area contributed by atoms with Crippen molar-refractivity contribution in [2.45, 2.75) is 44.6 Å². The molecule has 1 heterocycles. The second-order valence-corrected chi connectivity index (χ2v) is 8.60. The first-order valence-corrected chi connectivity index (χ1v) is 9.74. The van der Waals surface area contributed by atoms with E-state index in [0.717, 1.165) is 0 Å². The topological polar surface area (TPSA) is 150 Å². The molecule has 0 fully saturated rings. The number of anilines is 1. The molecule has 0 spiro atoms. The van der Waals surface area contributed by atoms with Crippen LogP contribution in [0.15, 0.2) is 12.1 Å². The number of carboxylic acids is 1. The minimum absolute atomic E-state index is 0.00530. The summed E-state index contributed by atoms with van der Waals surface area (Å²) >= 11 is 0. The molecule has 10 heteroatoms. The van der Waals surface area contributed by atoms with Gasteiger partial charge in [-0.2, -0.15) is 14.3 Å². The molecule has 0 saturated carbocycles. The molecule has 2 rings (SSSR count). The lowest BCUT2D eigenvalue weighted by Gasteiger charge is -2.48. The molecule has 9 nitrogen and oxygen atoms in total. The van der Waals surface area contributed by atoms with E-state index >= 15 is 0 Å². The Balaban J connectivity index is 2.50. The Hall–Kier alpha value is -2.04. The quantitative estimate of drug-likeness (QED) is 0.402. The summed E-state index contributed by atoms with van der Waals surface area (Å²) in [5, 5.41) is 19.0. The maximum Gasteiger partial charge on any atom is 0.303 e. The summed E-state index contributed by atoms with van der Waals surface area (Å²) in [6.45, 7) is 4.21. The molecule has 0 aromatic heterocycles. The predicted molar refractivity (Wildman–Crippen MR) is 95.0 cm³/mol. The third-order valence-corrected chi connectivity index (χ3v) is 5.45. The van der Waals surface area contributed by atoms with E-state index in [0.29, 0.717) is 30.6 Å². The number of carboxylic acid groups (broad SMARTS) is 1. The average molecular weight is 388 g/mol. The molecule has 1 aromatic carbocycles. The number of aliphatic carboxylic acids is 1. The van der Waals surface area contributed by atoms with Crippen molar-refractivity contribution < 1.29 is 32.8 Å². The van der Waals surface area contributed by atoms with Crippen LogP contribution in [0.5, 0.6) is 11.5 Å². The maximum atomic E-state index is 11.4. The van der Waals surface area contributed by atoms with Crippen LogP contribution in [0.1, 0.15) is 44.6 Å². The van der Waals surface area contributed by atoms with Crippen molar-refractivity contribution in [3.63, 3.8) is 0 Å². The van der Waals surface area contributed by atoms with Gasteiger partial charge in [0.1, 0.15) is 0 Å². The fraction of sp³-hybridized carbons (Fsp3) is 0.562. The van der Waals surface area contributed by atoms with Crippen molar-refractivity contribution in [3.05, 3.63) is 17.7 Å². The van der Waals surface area contributed by atoms with Crippen molar-refractivity contribution in [2.24, 2.45) is 5.90 Å². The van der Waals surface area contributed by atoms with Gasteiger partial charge >= 0.3 is 5.97 Å². The van der Waals surface area contributed by atoms with Crippen molar-refractivity contribution in [3.8, 4) is 11.5 Å². The van der Waals surface area contributed by atoms with Crippen molar-refractivity contribution in [2.75, 3.05) is 17.2 Å². The summed E-state index contributed by atoms with van der Waals surface area (Å²) in [5.41, 5.74) is 0.618. The van der Waals surface area contributed by atoms with E-state index in [1.807, 2.05) is 18.7 Å². The molecular formula is C16H24N2O7S. The van der Waals surface area contributed by atoms with E-state index < -0.39 is 33.3 Å². The molecule has 1 atom stereocenters. The van der Waals surface area contributed by atoms with Crippen molar-refractivity contribution in [1.29, 1.82) is 0 Å². The van der Waals surface area contributed by atoms with Gasteiger partial charge in [0.15, 0.2) is 11.5 Å². The van der Waals surface area contributed by atoms with Gasteiger partial charge in [-0.25, -0.2) is 0 Å². The van der Waals surface area contributed by atoms with Crippen LogP contribution in [-0.4, -0.2) is 47.0 Å². The summed E-state index contributed by atoms with van der Waals surface area (Å²) in [5.74, 6) is 3.03. The van der Waals surface area contributed by atoms with Gasteiger partial charge in [-0.3, -0.25) is 9.35 Å². The van der Waals surface area contributed by atoms with Crippen LogP contribution in [0.3, 0.4) is 0 Å². The molecule has 1 unspecified atom stereocenters. The van der Waals surface area contributed by atoms with Crippen LogP contribution in [0, 0.1) is 0 Å². The van der Waals surface area contributed by atoms with E-state index in [9.17, 15) is 22.9 Å². The number of benzene rings is 1. The first-order chi connectivity index (χ1) is 11.9. The monoisotopic (exact) mass is 388 g/mol. The molecule has 0 aliphatic carbocycles. The highest BCUT2D eigenvalue weighted by Crippen LogP contribution is 2.47. The molecular weight excluding hydrogens is 364 g/mol. The first-order valence-electron chi connectivity index (χ1n) is 8.13. The van der Waals surface area contributed by atoms with Gasteiger partial charge in [0.2, 0.25) is 0 Å². The van der Waals surface area contributed by atoms with Gasteiger partial charge in [0, 0.05) is 36.2 Å². The van der Waals surface area contributed by atoms with E-state index in [-0.39, 0.29) is 17.9 Å². The number of carbonyl (C=O) groups is 1. The van der Waals surface area contributed by atoms with Crippen LogP contribution >= 0.6 is 0 Å². The molecule has 0 radical (unpaired) electrons. The lowest BCUT2D eigenvalue weighted by molar-refractivity contribution is -0.137. The summed E-state index contributed by atoms with van der Waals surface area (Å²) in [7, 11) is -4.22. The zero-order valence-electron chi connectivity index (χ0n) is 14.7. The van der Waals surface area contributed by atoms with Gasteiger partial charge < -0.3 is 20.0 Å². The van der Waals surface area contributed by atoms with Crippen molar-refractivity contribution in [1.82, 2.24) is 0 Å². The van der Waals surface area contributed by atoms with Crippen LogP contribution in [-0.2, 0) is 14.9 Å². The average Bonchev–Trinajstić information content (AvgIpc) is 2.47.